The molecule has 0 N–H and O–H groups in total. The topological polar surface area (TPSA) is 9.23 Å². The van der Waals surface area contributed by atoms with Gasteiger partial charge in [0.2, 0.25) is 0 Å². The number of benzene rings is 3. The second-order valence-corrected chi connectivity index (χ2v) is 11.9. The van der Waals surface area contributed by atoms with Crippen LogP contribution in [0, 0.1) is 40.9 Å². The third-order valence-corrected chi connectivity index (χ3v) is 9.17. The first-order chi connectivity index (χ1) is 20.1. The van der Waals surface area contributed by atoms with Crippen LogP contribution >= 0.6 is 0 Å². The molecular weight excluding hydrogens is 557 g/mol. The molecule has 3 aromatic carbocycles. The highest BCUT2D eigenvalue weighted by Gasteiger charge is 2.44. The highest BCUT2D eigenvalue weighted by atomic mass is 19.3. The lowest BCUT2D eigenvalue weighted by molar-refractivity contribution is -0.222. The lowest BCUT2D eigenvalue weighted by Gasteiger charge is -2.33. The molecule has 0 aromatic heterocycles. The second kappa shape index (κ2) is 12.7. The van der Waals surface area contributed by atoms with Crippen molar-refractivity contribution in [1.29, 1.82) is 0 Å². The summed E-state index contributed by atoms with van der Waals surface area (Å²) in [5.41, 5.74) is 2.10. The van der Waals surface area contributed by atoms with Crippen LogP contribution in [-0.2, 0) is 0 Å². The molecule has 0 aliphatic heterocycles. The number of hydrogen-bond donors (Lipinski definition) is 0. The Morgan fingerprint density at radius 1 is 0.690 bits per heavy atom. The third kappa shape index (κ3) is 6.63. The molecule has 3 aromatic rings. The van der Waals surface area contributed by atoms with E-state index in [4.69, 9.17) is 0 Å². The maximum absolute atomic E-state index is 15.3. The van der Waals surface area contributed by atoms with E-state index in [-0.39, 0.29) is 37.4 Å². The van der Waals surface area contributed by atoms with Crippen molar-refractivity contribution in [2.45, 2.75) is 89.1 Å². The second-order valence-electron chi connectivity index (χ2n) is 11.9. The Kier molecular flexibility index (Phi) is 9.19. The van der Waals surface area contributed by atoms with Crippen molar-refractivity contribution in [2.75, 3.05) is 0 Å². The van der Waals surface area contributed by atoms with Crippen LogP contribution in [-0.4, -0.2) is 6.11 Å². The number of ether oxygens (including phenoxy) is 1. The van der Waals surface area contributed by atoms with E-state index in [1.807, 2.05) is 6.07 Å². The molecule has 8 heteroatoms. The SMILES string of the molecule is CCCC1CCC(c2ccc(-c3ccc(C4CCC(C(F)(F)Oc5cc(F)c(F)c(F)c5)CC4)c(F)c3)c(F)c2)CC1. The van der Waals surface area contributed by atoms with Gasteiger partial charge in [-0.1, -0.05) is 44.0 Å². The smallest absolute Gasteiger partial charge is 0.400 e. The van der Waals surface area contributed by atoms with Crippen LogP contribution in [0.4, 0.5) is 30.7 Å². The molecule has 0 bridgehead atoms. The van der Waals surface area contributed by atoms with Gasteiger partial charge in [-0.3, -0.25) is 0 Å². The molecule has 2 fully saturated rings. The largest absolute Gasteiger partial charge is 0.432 e. The summed E-state index contributed by atoms with van der Waals surface area (Å²) >= 11 is 0. The summed E-state index contributed by atoms with van der Waals surface area (Å²) in [5, 5.41) is 0. The highest BCUT2D eigenvalue weighted by Crippen LogP contribution is 2.44. The van der Waals surface area contributed by atoms with Crippen LogP contribution in [0.5, 0.6) is 5.75 Å². The van der Waals surface area contributed by atoms with Crippen LogP contribution in [0.1, 0.15) is 94.1 Å². The standard InChI is InChI=1S/C34H35F7O/c1-2-3-20-4-6-21(7-5-20)23-10-14-28(29(35)16-23)24-11-15-27(30(36)17-24)22-8-12-25(13-9-22)34(40,41)42-26-18-31(37)33(39)32(38)19-26/h10-11,14-22,25H,2-9,12-13H2,1H3. The molecule has 2 aliphatic carbocycles. The molecule has 2 saturated carbocycles. The van der Waals surface area contributed by atoms with Crippen LogP contribution in [0.25, 0.3) is 11.1 Å². The summed E-state index contributed by atoms with van der Waals surface area (Å²) in [4.78, 5) is 0. The van der Waals surface area contributed by atoms with Crippen molar-refractivity contribution in [1.82, 2.24) is 0 Å². The van der Waals surface area contributed by atoms with E-state index in [9.17, 15) is 22.0 Å². The first-order valence-electron chi connectivity index (χ1n) is 14.9. The summed E-state index contributed by atoms with van der Waals surface area (Å²) in [5.74, 6) is -7.20. The van der Waals surface area contributed by atoms with Gasteiger partial charge in [0.25, 0.3) is 0 Å². The van der Waals surface area contributed by atoms with E-state index < -0.39 is 41.0 Å². The lowest BCUT2D eigenvalue weighted by Crippen LogP contribution is -2.37. The zero-order valence-electron chi connectivity index (χ0n) is 23.6. The van der Waals surface area contributed by atoms with Crippen molar-refractivity contribution < 1.29 is 35.5 Å². The molecule has 0 heterocycles. The van der Waals surface area contributed by atoms with E-state index >= 15 is 8.78 Å². The van der Waals surface area contributed by atoms with E-state index in [1.165, 1.54) is 18.9 Å². The van der Waals surface area contributed by atoms with Gasteiger partial charge in [-0.15, -0.1) is 0 Å². The predicted molar refractivity (Wildman–Crippen MR) is 148 cm³/mol. The molecule has 226 valence electrons. The van der Waals surface area contributed by atoms with Gasteiger partial charge in [0.15, 0.2) is 17.5 Å². The molecular formula is C34H35F7O. The van der Waals surface area contributed by atoms with Crippen molar-refractivity contribution in [3.8, 4) is 16.9 Å². The Balaban J connectivity index is 1.21. The monoisotopic (exact) mass is 592 g/mol. The maximum Gasteiger partial charge on any atom is 0.400 e. The van der Waals surface area contributed by atoms with E-state index in [1.54, 1.807) is 24.3 Å². The average Bonchev–Trinajstić information content (AvgIpc) is 2.96. The van der Waals surface area contributed by atoms with Gasteiger partial charge in [0.1, 0.15) is 17.4 Å². The number of alkyl halides is 2. The van der Waals surface area contributed by atoms with Gasteiger partial charge < -0.3 is 4.74 Å². The maximum atomic E-state index is 15.3. The Hall–Kier alpha value is -3.03. The van der Waals surface area contributed by atoms with Crippen LogP contribution < -0.4 is 4.74 Å². The molecule has 0 spiro atoms. The Morgan fingerprint density at radius 3 is 1.93 bits per heavy atom. The number of halogens is 7. The fourth-order valence-electron chi connectivity index (χ4n) is 6.81. The summed E-state index contributed by atoms with van der Waals surface area (Å²) < 4.78 is 105. The minimum Gasteiger partial charge on any atom is -0.432 e. The molecule has 0 radical (unpaired) electrons. The average molecular weight is 593 g/mol. The molecule has 0 amide bonds. The van der Waals surface area contributed by atoms with Gasteiger partial charge in [-0.25, -0.2) is 22.0 Å². The van der Waals surface area contributed by atoms with Crippen molar-refractivity contribution in [3.63, 3.8) is 0 Å². The Bertz CT molecular complexity index is 1370. The van der Waals surface area contributed by atoms with Crippen LogP contribution in [0.3, 0.4) is 0 Å². The molecule has 0 saturated heterocycles. The van der Waals surface area contributed by atoms with Gasteiger partial charge >= 0.3 is 6.11 Å². The predicted octanol–water partition coefficient (Wildman–Crippen LogP) is 11.1. The molecule has 2 aliphatic rings. The minimum atomic E-state index is -3.75. The summed E-state index contributed by atoms with van der Waals surface area (Å²) in [7, 11) is 0. The van der Waals surface area contributed by atoms with Crippen molar-refractivity contribution in [2.24, 2.45) is 11.8 Å². The summed E-state index contributed by atoms with van der Waals surface area (Å²) in [6, 6.07) is 10.5. The summed E-state index contributed by atoms with van der Waals surface area (Å²) in [6.45, 7) is 2.20. The van der Waals surface area contributed by atoms with Crippen LogP contribution in [0.2, 0.25) is 0 Å². The zero-order valence-corrected chi connectivity index (χ0v) is 23.6. The first-order valence-corrected chi connectivity index (χ1v) is 14.9. The lowest BCUT2D eigenvalue weighted by atomic mass is 9.77. The van der Waals surface area contributed by atoms with Gasteiger partial charge in [-0.2, -0.15) is 8.78 Å². The Morgan fingerprint density at radius 2 is 1.33 bits per heavy atom. The third-order valence-electron chi connectivity index (χ3n) is 9.17. The molecule has 0 unspecified atom stereocenters. The zero-order chi connectivity index (χ0) is 30.0. The van der Waals surface area contributed by atoms with E-state index in [0.717, 1.165) is 37.2 Å². The molecule has 0 atom stereocenters. The Labute approximate surface area is 242 Å². The fraction of sp³-hybridized carbons (Fsp3) is 0.471. The van der Waals surface area contributed by atoms with Crippen LogP contribution in [0.15, 0.2) is 48.5 Å². The molecule has 5 rings (SSSR count). The van der Waals surface area contributed by atoms with Gasteiger partial charge in [0, 0.05) is 17.7 Å². The van der Waals surface area contributed by atoms with Gasteiger partial charge in [0.05, 0.1) is 5.92 Å². The number of rotatable bonds is 8. The molecule has 1 nitrogen and oxygen atoms in total. The van der Waals surface area contributed by atoms with Crippen molar-refractivity contribution >= 4 is 0 Å². The number of hydrogen-bond acceptors (Lipinski definition) is 1. The van der Waals surface area contributed by atoms with E-state index in [0.29, 0.717) is 34.7 Å². The quantitative estimate of drug-likeness (QED) is 0.187. The highest BCUT2D eigenvalue weighted by molar-refractivity contribution is 5.65. The van der Waals surface area contributed by atoms with Gasteiger partial charge in [-0.05, 0) is 97.9 Å². The normalized spacial score (nSPS) is 23.1. The van der Waals surface area contributed by atoms with E-state index in [2.05, 4.69) is 11.7 Å². The van der Waals surface area contributed by atoms with Crippen molar-refractivity contribution in [3.05, 3.63) is 88.7 Å². The summed E-state index contributed by atoms with van der Waals surface area (Å²) in [6.07, 6.45) is 3.58. The molecule has 42 heavy (non-hydrogen) atoms. The fourth-order valence-corrected chi connectivity index (χ4v) is 6.81. The first kappa shape index (κ1) is 30.4. The minimum absolute atomic E-state index is 0.0124.